The van der Waals surface area contributed by atoms with Crippen molar-refractivity contribution in [3.05, 3.63) is 0 Å². The molecule has 0 aromatic carbocycles. The van der Waals surface area contributed by atoms with Crippen molar-refractivity contribution in [2.45, 2.75) is 51.6 Å². The topological polar surface area (TPSA) is 61.6 Å². The first-order valence-corrected chi connectivity index (χ1v) is 4.98. The summed E-state index contributed by atoms with van der Waals surface area (Å²) in [6, 6.07) is 0. The van der Waals surface area contributed by atoms with Crippen molar-refractivity contribution in [1.29, 1.82) is 0 Å². The summed E-state index contributed by atoms with van der Waals surface area (Å²) >= 11 is 0. The molecule has 0 saturated carbocycles. The van der Waals surface area contributed by atoms with Gasteiger partial charge in [-0.2, -0.15) is 0 Å². The van der Waals surface area contributed by atoms with E-state index >= 15 is 0 Å². The molecule has 2 N–H and O–H groups in total. The van der Waals surface area contributed by atoms with Gasteiger partial charge >= 0.3 is 0 Å². The van der Waals surface area contributed by atoms with Crippen molar-refractivity contribution >= 4 is 5.78 Å². The molecule has 0 aliphatic carbocycles. The fourth-order valence-electron chi connectivity index (χ4n) is 1.81. The molecule has 82 valence electrons. The molecule has 1 heterocycles. The zero-order valence-corrected chi connectivity index (χ0v) is 9.08. The van der Waals surface area contributed by atoms with Gasteiger partial charge in [-0.15, -0.1) is 0 Å². The molecule has 0 radical (unpaired) electrons. The second-order valence-electron chi connectivity index (χ2n) is 4.26. The third-order valence-corrected chi connectivity index (χ3v) is 2.20. The number of Topliss-reactive ketones (excluding diaryl/α,β-unsaturated/α-hetero) is 1. The number of carbonyl (C=O) groups is 1. The van der Waals surface area contributed by atoms with Crippen LogP contribution in [0.15, 0.2) is 0 Å². The standard InChI is InChI=1S/C10H19NO3/c1-7(12)4-8-5-9(6-11)14-10(2,3)13-8/h8-9H,4-6,11H2,1-3H3/t8-,9-/m0/s1. The zero-order valence-electron chi connectivity index (χ0n) is 9.08. The third-order valence-electron chi connectivity index (χ3n) is 2.20. The Hall–Kier alpha value is -0.450. The molecule has 14 heavy (non-hydrogen) atoms. The van der Waals surface area contributed by atoms with Crippen molar-refractivity contribution in [3.63, 3.8) is 0 Å². The highest BCUT2D eigenvalue weighted by molar-refractivity contribution is 5.75. The first kappa shape index (κ1) is 11.6. The van der Waals surface area contributed by atoms with E-state index in [2.05, 4.69) is 0 Å². The summed E-state index contributed by atoms with van der Waals surface area (Å²) in [6.45, 7) is 5.74. The lowest BCUT2D eigenvalue weighted by Gasteiger charge is -2.40. The second kappa shape index (κ2) is 4.38. The van der Waals surface area contributed by atoms with Gasteiger partial charge in [0, 0.05) is 19.4 Å². The van der Waals surface area contributed by atoms with E-state index in [0.29, 0.717) is 19.4 Å². The normalized spacial score (nSPS) is 31.4. The smallest absolute Gasteiger partial charge is 0.163 e. The van der Waals surface area contributed by atoms with E-state index in [4.69, 9.17) is 15.2 Å². The lowest BCUT2D eigenvalue weighted by atomic mass is 10.0. The maximum Gasteiger partial charge on any atom is 0.163 e. The lowest BCUT2D eigenvalue weighted by Crippen LogP contribution is -2.47. The van der Waals surface area contributed by atoms with Crippen LogP contribution < -0.4 is 5.73 Å². The summed E-state index contributed by atoms with van der Waals surface area (Å²) < 4.78 is 11.2. The van der Waals surface area contributed by atoms with E-state index in [0.717, 1.165) is 0 Å². The number of rotatable bonds is 3. The highest BCUT2D eigenvalue weighted by Crippen LogP contribution is 2.27. The molecule has 1 aliphatic rings. The molecule has 1 rings (SSSR count). The molecule has 0 bridgehead atoms. The minimum Gasteiger partial charge on any atom is -0.347 e. The van der Waals surface area contributed by atoms with Crippen LogP contribution in [0.5, 0.6) is 0 Å². The van der Waals surface area contributed by atoms with Crippen LogP contribution >= 0.6 is 0 Å². The van der Waals surface area contributed by atoms with Gasteiger partial charge in [0.15, 0.2) is 5.79 Å². The fourth-order valence-corrected chi connectivity index (χ4v) is 1.81. The van der Waals surface area contributed by atoms with Crippen molar-refractivity contribution < 1.29 is 14.3 Å². The molecule has 4 nitrogen and oxygen atoms in total. The van der Waals surface area contributed by atoms with Crippen LogP contribution in [0.4, 0.5) is 0 Å². The summed E-state index contributed by atoms with van der Waals surface area (Å²) in [5.41, 5.74) is 5.55. The number of ether oxygens (including phenoxy) is 2. The van der Waals surface area contributed by atoms with E-state index in [-0.39, 0.29) is 18.0 Å². The van der Waals surface area contributed by atoms with Gasteiger partial charge in [0.25, 0.3) is 0 Å². The van der Waals surface area contributed by atoms with E-state index < -0.39 is 5.79 Å². The third kappa shape index (κ3) is 3.36. The van der Waals surface area contributed by atoms with Crippen LogP contribution in [-0.4, -0.2) is 30.3 Å². The predicted molar refractivity (Wildman–Crippen MR) is 52.8 cm³/mol. The van der Waals surface area contributed by atoms with E-state index in [1.54, 1.807) is 6.92 Å². The van der Waals surface area contributed by atoms with Crippen LogP contribution in [0.3, 0.4) is 0 Å². The fraction of sp³-hybridized carbons (Fsp3) is 0.900. The number of nitrogens with two attached hydrogens (primary N) is 1. The molecule has 0 aromatic rings. The average molecular weight is 201 g/mol. The van der Waals surface area contributed by atoms with Gasteiger partial charge in [-0.25, -0.2) is 0 Å². The van der Waals surface area contributed by atoms with E-state index in [9.17, 15) is 4.79 Å². The van der Waals surface area contributed by atoms with Crippen LogP contribution in [0.1, 0.15) is 33.6 Å². The van der Waals surface area contributed by atoms with Crippen LogP contribution in [-0.2, 0) is 14.3 Å². The van der Waals surface area contributed by atoms with Crippen molar-refractivity contribution in [2.75, 3.05) is 6.54 Å². The monoisotopic (exact) mass is 201 g/mol. The Labute approximate surface area is 84.7 Å². The molecule has 0 aromatic heterocycles. The first-order chi connectivity index (χ1) is 6.43. The van der Waals surface area contributed by atoms with Crippen molar-refractivity contribution in [2.24, 2.45) is 5.73 Å². The average Bonchev–Trinajstić information content (AvgIpc) is 1.99. The summed E-state index contributed by atoms with van der Waals surface area (Å²) in [5, 5.41) is 0. The maximum absolute atomic E-state index is 11.0. The zero-order chi connectivity index (χ0) is 10.8. The summed E-state index contributed by atoms with van der Waals surface area (Å²) in [5.74, 6) is -0.481. The maximum atomic E-state index is 11.0. The number of hydrogen-bond acceptors (Lipinski definition) is 4. The van der Waals surface area contributed by atoms with Gasteiger partial charge in [0.2, 0.25) is 0 Å². The Morgan fingerprint density at radius 3 is 2.50 bits per heavy atom. The quantitative estimate of drug-likeness (QED) is 0.734. The predicted octanol–water partition coefficient (Wildman–Crippen LogP) is 0.834. The highest BCUT2D eigenvalue weighted by atomic mass is 16.7. The molecule has 2 atom stereocenters. The molecule has 1 fully saturated rings. The Bertz CT molecular complexity index is 215. The molecule has 1 saturated heterocycles. The van der Waals surface area contributed by atoms with E-state index in [1.807, 2.05) is 13.8 Å². The Morgan fingerprint density at radius 1 is 1.43 bits per heavy atom. The van der Waals surface area contributed by atoms with Gasteiger partial charge in [-0.05, 0) is 20.8 Å². The highest BCUT2D eigenvalue weighted by Gasteiger charge is 2.35. The molecule has 4 heteroatoms. The molecular formula is C10H19NO3. The summed E-state index contributed by atoms with van der Waals surface area (Å²) in [4.78, 5) is 11.0. The van der Waals surface area contributed by atoms with E-state index in [1.165, 1.54) is 0 Å². The van der Waals surface area contributed by atoms with Crippen LogP contribution in [0.25, 0.3) is 0 Å². The molecule has 0 spiro atoms. The van der Waals surface area contributed by atoms with Crippen LogP contribution in [0, 0.1) is 0 Å². The SMILES string of the molecule is CC(=O)C[C@H]1C[C@@H](CN)OC(C)(C)O1. The minimum atomic E-state index is -0.623. The lowest BCUT2D eigenvalue weighted by molar-refractivity contribution is -0.296. The van der Waals surface area contributed by atoms with Crippen molar-refractivity contribution in [3.8, 4) is 0 Å². The Kier molecular flexibility index (Phi) is 3.64. The summed E-state index contributed by atoms with van der Waals surface area (Å²) in [7, 11) is 0. The number of carbonyl (C=O) groups excluding carboxylic acids is 1. The molecule has 0 amide bonds. The second-order valence-corrected chi connectivity index (χ2v) is 4.26. The minimum absolute atomic E-state index is 0.00287. The first-order valence-electron chi connectivity index (χ1n) is 4.98. The van der Waals surface area contributed by atoms with Crippen molar-refractivity contribution in [1.82, 2.24) is 0 Å². The van der Waals surface area contributed by atoms with Gasteiger partial charge in [0.05, 0.1) is 12.2 Å². The van der Waals surface area contributed by atoms with Gasteiger partial charge in [-0.3, -0.25) is 4.79 Å². The number of hydrogen-bond donors (Lipinski definition) is 1. The Balaban J connectivity index is 2.56. The van der Waals surface area contributed by atoms with Crippen LogP contribution in [0.2, 0.25) is 0 Å². The molecular weight excluding hydrogens is 182 g/mol. The molecule has 0 unspecified atom stereocenters. The largest absolute Gasteiger partial charge is 0.347 e. The Morgan fingerprint density at radius 2 is 2.00 bits per heavy atom. The summed E-state index contributed by atoms with van der Waals surface area (Å²) in [6.07, 6.45) is 1.11. The number of ketones is 1. The van der Waals surface area contributed by atoms with Gasteiger partial charge in [0.1, 0.15) is 5.78 Å². The van der Waals surface area contributed by atoms with Gasteiger partial charge < -0.3 is 15.2 Å². The van der Waals surface area contributed by atoms with Gasteiger partial charge in [-0.1, -0.05) is 0 Å². The molecule has 1 aliphatic heterocycles.